The minimum Gasteiger partial charge on any atom is -0.490 e. The van der Waals surface area contributed by atoms with Crippen LogP contribution in [0.3, 0.4) is 0 Å². The molecular weight excluding hydrogens is 270 g/mol. The molecule has 0 fully saturated rings. The van der Waals surface area contributed by atoms with E-state index in [0.29, 0.717) is 0 Å². The standard InChI is InChI=1S/C8H6BrNO5/c1-15-5-3-2-4(8(11)12)6(9)7(5)10(13)14/h2-3H,1H3,(H,11,12). The summed E-state index contributed by atoms with van der Waals surface area (Å²) in [6.45, 7) is 0. The zero-order valence-electron chi connectivity index (χ0n) is 7.56. The SMILES string of the molecule is COc1ccc(C(=O)O)c(Br)c1[N+](=O)[O-]. The zero-order valence-corrected chi connectivity index (χ0v) is 9.15. The van der Waals surface area contributed by atoms with Crippen LogP contribution in [0.25, 0.3) is 0 Å². The van der Waals surface area contributed by atoms with Gasteiger partial charge in [-0.15, -0.1) is 0 Å². The Bertz CT molecular complexity index is 431. The number of nitro groups is 1. The molecule has 0 spiro atoms. The fourth-order valence-electron chi connectivity index (χ4n) is 1.05. The van der Waals surface area contributed by atoms with Crippen molar-refractivity contribution >= 4 is 27.6 Å². The second kappa shape index (κ2) is 4.26. The number of hydrogen-bond acceptors (Lipinski definition) is 4. The third kappa shape index (κ3) is 2.07. The van der Waals surface area contributed by atoms with Gasteiger partial charge in [0.05, 0.1) is 17.6 Å². The maximum absolute atomic E-state index is 10.7. The van der Waals surface area contributed by atoms with Crippen LogP contribution in [0.4, 0.5) is 5.69 Å². The Labute approximate surface area is 92.8 Å². The predicted molar refractivity (Wildman–Crippen MR) is 54.3 cm³/mol. The molecule has 0 aromatic heterocycles. The van der Waals surface area contributed by atoms with Gasteiger partial charge in [-0.1, -0.05) is 0 Å². The Morgan fingerprint density at radius 2 is 2.20 bits per heavy atom. The molecule has 0 heterocycles. The van der Waals surface area contributed by atoms with E-state index in [0.717, 1.165) is 0 Å². The van der Waals surface area contributed by atoms with Gasteiger partial charge in [0.15, 0.2) is 5.75 Å². The number of benzene rings is 1. The van der Waals surface area contributed by atoms with E-state index in [-0.39, 0.29) is 15.8 Å². The molecule has 7 heteroatoms. The van der Waals surface area contributed by atoms with Crippen LogP contribution in [0.2, 0.25) is 0 Å². The lowest BCUT2D eigenvalue weighted by molar-refractivity contribution is -0.386. The van der Waals surface area contributed by atoms with Crippen LogP contribution in [-0.4, -0.2) is 23.1 Å². The second-order valence-electron chi connectivity index (χ2n) is 2.54. The first-order chi connectivity index (χ1) is 6.99. The Morgan fingerprint density at radius 1 is 1.60 bits per heavy atom. The average molecular weight is 276 g/mol. The van der Waals surface area contributed by atoms with E-state index in [4.69, 9.17) is 9.84 Å². The lowest BCUT2D eigenvalue weighted by atomic mass is 10.2. The number of carbonyl (C=O) groups is 1. The van der Waals surface area contributed by atoms with Crippen molar-refractivity contribution in [3.63, 3.8) is 0 Å². The molecule has 0 bridgehead atoms. The largest absolute Gasteiger partial charge is 0.490 e. The number of rotatable bonds is 3. The molecule has 1 aromatic rings. The lowest BCUT2D eigenvalue weighted by Crippen LogP contribution is -2.02. The first kappa shape index (κ1) is 11.4. The fraction of sp³-hybridized carbons (Fsp3) is 0.125. The van der Waals surface area contributed by atoms with E-state index in [1.807, 2.05) is 0 Å². The summed E-state index contributed by atoms with van der Waals surface area (Å²) in [6.07, 6.45) is 0. The number of ether oxygens (including phenoxy) is 1. The Hall–Kier alpha value is -1.63. The lowest BCUT2D eigenvalue weighted by Gasteiger charge is -2.05. The number of hydrogen-bond donors (Lipinski definition) is 1. The van der Waals surface area contributed by atoms with Gasteiger partial charge in [-0.05, 0) is 28.1 Å². The maximum Gasteiger partial charge on any atom is 0.337 e. The van der Waals surface area contributed by atoms with Gasteiger partial charge in [-0.3, -0.25) is 10.1 Å². The van der Waals surface area contributed by atoms with E-state index in [9.17, 15) is 14.9 Å². The molecule has 0 amide bonds. The van der Waals surface area contributed by atoms with Gasteiger partial charge < -0.3 is 9.84 Å². The van der Waals surface area contributed by atoms with Crippen molar-refractivity contribution in [3.8, 4) is 5.75 Å². The molecule has 0 radical (unpaired) electrons. The molecule has 0 atom stereocenters. The van der Waals surface area contributed by atoms with E-state index in [1.54, 1.807) is 0 Å². The molecule has 1 rings (SSSR count). The van der Waals surface area contributed by atoms with Gasteiger partial charge in [0.25, 0.3) is 0 Å². The van der Waals surface area contributed by atoms with Crippen molar-refractivity contribution in [1.82, 2.24) is 0 Å². The smallest absolute Gasteiger partial charge is 0.337 e. The van der Waals surface area contributed by atoms with Gasteiger partial charge >= 0.3 is 11.7 Å². The molecule has 0 aliphatic carbocycles. The fourth-order valence-corrected chi connectivity index (χ4v) is 1.69. The number of methoxy groups -OCH3 is 1. The highest BCUT2D eigenvalue weighted by Crippen LogP contribution is 2.37. The number of halogens is 1. The molecule has 15 heavy (non-hydrogen) atoms. The summed E-state index contributed by atoms with van der Waals surface area (Å²) in [5.41, 5.74) is -0.570. The molecule has 0 saturated heterocycles. The minimum atomic E-state index is -1.24. The van der Waals surface area contributed by atoms with Crippen LogP contribution in [-0.2, 0) is 0 Å². The average Bonchev–Trinajstić information content (AvgIpc) is 2.15. The molecule has 80 valence electrons. The number of carboxylic acids is 1. The molecule has 0 aliphatic heterocycles. The van der Waals surface area contributed by atoms with Crippen molar-refractivity contribution in [3.05, 3.63) is 32.3 Å². The summed E-state index contributed by atoms with van der Waals surface area (Å²) in [4.78, 5) is 20.7. The van der Waals surface area contributed by atoms with Crippen molar-refractivity contribution < 1.29 is 19.6 Å². The van der Waals surface area contributed by atoms with Gasteiger partial charge in [0, 0.05) is 0 Å². The number of carboxylic acid groups (broad SMARTS) is 1. The van der Waals surface area contributed by atoms with Crippen LogP contribution in [0.1, 0.15) is 10.4 Å². The highest BCUT2D eigenvalue weighted by atomic mass is 79.9. The van der Waals surface area contributed by atoms with Crippen LogP contribution < -0.4 is 4.74 Å². The van der Waals surface area contributed by atoms with Crippen LogP contribution >= 0.6 is 15.9 Å². The van der Waals surface area contributed by atoms with E-state index in [1.165, 1.54) is 19.2 Å². The Kier molecular flexibility index (Phi) is 3.25. The molecule has 1 aromatic carbocycles. The third-order valence-electron chi connectivity index (χ3n) is 1.71. The second-order valence-corrected chi connectivity index (χ2v) is 3.33. The first-order valence-corrected chi connectivity index (χ1v) is 4.52. The topological polar surface area (TPSA) is 89.7 Å². The van der Waals surface area contributed by atoms with Crippen molar-refractivity contribution in [2.75, 3.05) is 7.11 Å². The zero-order chi connectivity index (χ0) is 11.6. The predicted octanol–water partition coefficient (Wildman–Crippen LogP) is 2.06. The van der Waals surface area contributed by atoms with Crippen LogP contribution in [0.15, 0.2) is 16.6 Å². The van der Waals surface area contributed by atoms with Gasteiger partial charge in [-0.2, -0.15) is 0 Å². The molecule has 0 saturated carbocycles. The van der Waals surface area contributed by atoms with Crippen LogP contribution in [0, 0.1) is 10.1 Å². The Morgan fingerprint density at radius 3 is 2.60 bits per heavy atom. The summed E-state index contributed by atoms with van der Waals surface area (Å²) in [6, 6.07) is 2.48. The number of nitro benzene ring substituents is 1. The molecular formula is C8H6BrNO5. The molecule has 6 nitrogen and oxygen atoms in total. The summed E-state index contributed by atoms with van der Waals surface area (Å²) in [7, 11) is 1.27. The van der Waals surface area contributed by atoms with Gasteiger partial charge in [0.1, 0.15) is 4.47 Å². The van der Waals surface area contributed by atoms with Crippen molar-refractivity contribution in [2.24, 2.45) is 0 Å². The van der Waals surface area contributed by atoms with Gasteiger partial charge in [0.2, 0.25) is 0 Å². The minimum absolute atomic E-state index is 0.0110. The monoisotopic (exact) mass is 275 g/mol. The Balaban J connectivity index is 3.49. The highest BCUT2D eigenvalue weighted by molar-refractivity contribution is 9.10. The van der Waals surface area contributed by atoms with Crippen LogP contribution in [0.5, 0.6) is 5.75 Å². The third-order valence-corrected chi connectivity index (χ3v) is 2.51. The quantitative estimate of drug-likeness (QED) is 0.674. The molecule has 1 N–H and O–H groups in total. The summed E-state index contributed by atoms with van der Waals surface area (Å²) < 4.78 is 4.66. The van der Waals surface area contributed by atoms with E-state index in [2.05, 4.69) is 15.9 Å². The summed E-state index contributed by atoms with van der Waals surface area (Å²) >= 11 is 2.87. The highest BCUT2D eigenvalue weighted by Gasteiger charge is 2.24. The first-order valence-electron chi connectivity index (χ1n) is 3.73. The molecule has 0 unspecified atom stereocenters. The summed E-state index contributed by atoms with van der Waals surface area (Å²) in [5, 5.41) is 19.4. The molecule has 0 aliphatic rings. The van der Waals surface area contributed by atoms with Crippen molar-refractivity contribution in [2.45, 2.75) is 0 Å². The number of nitrogens with zero attached hydrogens (tertiary/aromatic N) is 1. The van der Waals surface area contributed by atoms with Gasteiger partial charge in [-0.25, -0.2) is 4.79 Å². The maximum atomic E-state index is 10.7. The van der Waals surface area contributed by atoms with Crippen molar-refractivity contribution in [1.29, 1.82) is 0 Å². The van der Waals surface area contributed by atoms with E-state index < -0.39 is 16.6 Å². The number of aromatic carboxylic acids is 1. The normalized spacial score (nSPS) is 9.73. The van der Waals surface area contributed by atoms with E-state index >= 15 is 0 Å². The summed E-state index contributed by atoms with van der Waals surface area (Å²) in [5.74, 6) is -1.23.